The number of piperidine rings is 1. The van der Waals surface area contributed by atoms with Crippen LogP contribution in [0, 0.1) is 12.8 Å². The van der Waals surface area contributed by atoms with E-state index in [-0.39, 0.29) is 5.92 Å². The molecule has 7 nitrogen and oxygen atoms in total. The van der Waals surface area contributed by atoms with Gasteiger partial charge in [-0.3, -0.25) is 4.68 Å². The summed E-state index contributed by atoms with van der Waals surface area (Å²) in [4.78, 5) is 0. The maximum absolute atomic E-state index is 12.2. The van der Waals surface area contributed by atoms with Gasteiger partial charge in [0.1, 0.15) is 0 Å². The van der Waals surface area contributed by atoms with Gasteiger partial charge in [-0.2, -0.15) is 17.8 Å². The molecule has 0 saturated carbocycles. The fourth-order valence-corrected chi connectivity index (χ4v) is 3.72. The molecular weight excluding hydrogens is 278 g/mol. The molecule has 1 saturated heterocycles. The zero-order valence-electron chi connectivity index (χ0n) is 11.8. The highest BCUT2D eigenvalue weighted by Gasteiger charge is 2.27. The third-order valence-electron chi connectivity index (χ3n) is 3.54. The van der Waals surface area contributed by atoms with Crippen molar-refractivity contribution in [3.63, 3.8) is 0 Å². The molecule has 0 bridgehead atoms. The van der Waals surface area contributed by atoms with E-state index < -0.39 is 10.2 Å². The molecule has 1 atom stereocenters. The Balaban J connectivity index is 1.84. The Morgan fingerprint density at radius 3 is 3.00 bits per heavy atom. The molecule has 0 spiro atoms. The number of nitrogens with one attached hydrogen (secondary N) is 1. The molecule has 1 aromatic heterocycles. The lowest BCUT2D eigenvalue weighted by molar-refractivity contribution is 0.268. The van der Waals surface area contributed by atoms with Crippen LogP contribution in [0.1, 0.15) is 18.4 Å². The Kier molecular flexibility index (Phi) is 5.14. The first kappa shape index (κ1) is 15.4. The van der Waals surface area contributed by atoms with Gasteiger partial charge in [-0.25, -0.2) is 4.72 Å². The fraction of sp³-hybridized carbons (Fsp3) is 0.750. The first-order valence-electron chi connectivity index (χ1n) is 6.95. The van der Waals surface area contributed by atoms with Crippen molar-refractivity contribution in [1.82, 2.24) is 18.8 Å². The number of nitrogens with zero attached hydrogens (tertiary/aromatic N) is 3. The van der Waals surface area contributed by atoms with E-state index >= 15 is 0 Å². The van der Waals surface area contributed by atoms with Crippen molar-refractivity contribution >= 4 is 10.2 Å². The molecule has 1 aliphatic heterocycles. The third kappa shape index (κ3) is 4.02. The van der Waals surface area contributed by atoms with Crippen molar-refractivity contribution in [2.75, 3.05) is 26.2 Å². The Morgan fingerprint density at radius 1 is 1.55 bits per heavy atom. The van der Waals surface area contributed by atoms with Crippen LogP contribution in [0.15, 0.2) is 12.4 Å². The maximum Gasteiger partial charge on any atom is 0.279 e. The second-order valence-corrected chi connectivity index (χ2v) is 7.04. The van der Waals surface area contributed by atoms with Gasteiger partial charge in [0.25, 0.3) is 10.2 Å². The molecule has 0 radical (unpaired) electrons. The van der Waals surface area contributed by atoms with E-state index in [1.165, 1.54) is 4.31 Å². The van der Waals surface area contributed by atoms with Gasteiger partial charge in [0, 0.05) is 25.8 Å². The number of rotatable bonds is 6. The Hall–Kier alpha value is -0.960. The van der Waals surface area contributed by atoms with Crippen molar-refractivity contribution in [2.45, 2.75) is 26.3 Å². The van der Waals surface area contributed by atoms with Crippen LogP contribution in [0.3, 0.4) is 0 Å². The number of nitrogens with two attached hydrogens (primary N) is 1. The zero-order valence-corrected chi connectivity index (χ0v) is 12.6. The maximum atomic E-state index is 12.2. The predicted octanol–water partition coefficient (Wildman–Crippen LogP) is -0.303. The molecule has 0 aromatic carbocycles. The van der Waals surface area contributed by atoms with Gasteiger partial charge >= 0.3 is 0 Å². The van der Waals surface area contributed by atoms with Crippen LogP contribution >= 0.6 is 0 Å². The van der Waals surface area contributed by atoms with Gasteiger partial charge < -0.3 is 5.73 Å². The quantitative estimate of drug-likeness (QED) is 0.754. The molecular formula is C12H23N5O2S. The molecule has 114 valence electrons. The molecule has 1 unspecified atom stereocenters. The summed E-state index contributed by atoms with van der Waals surface area (Å²) in [6.07, 6.45) is 5.53. The molecule has 1 fully saturated rings. The van der Waals surface area contributed by atoms with Gasteiger partial charge in [-0.15, -0.1) is 0 Å². The van der Waals surface area contributed by atoms with Crippen LogP contribution in [0.4, 0.5) is 0 Å². The second-order valence-electron chi connectivity index (χ2n) is 5.28. The van der Waals surface area contributed by atoms with Crippen LogP contribution in [0.5, 0.6) is 0 Å². The number of hydrogen-bond donors (Lipinski definition) is 2. The van der Waals surface area contributed by atoms with Gasteiger partial charge in [-0.05, 0) is 37.8 Å². The highest BCUT2D eigenvalue weighted by Crippen LogP contribution is 2.17. The molecule has 0 amide bonds. The first-order valence-corrected chi connectivity index (χ1v) is 8.39. The standard InChI is InChI=1S/C12H23N5O2S/c1-11-8-14-16(9-11)6-4-15-20(18,19)17-5-2-3-12(7-13)10-17/h8-9,12,15H,2-7,10,13H2,1H3. The van der Waals surface area contributed by atoms with E-state index in [1.807, 2.05) is 13.1 Å². The largest absolute Gasteiger partial charge is 0.330 e. The van der Waals surface area contributed by atoms with Crippen LogP contribution < -0.4 is 10.5 Å². The number of aryl methyl sites for hydroxylation is 1. The minimum Gasteiger partial charge on any atom is -0.330 e. The summed E-state index contributed by atoms with van der Waals surface area (Å²) in [5.74, 6) is 0.272. The van der Waals surface area contributed by atoms with Gasteiger partial charge in [-0.1, -0.05) is 0 Å². The summed E-state index contributed by atoms with van der Waals surface area (Å²) in [5, 5.41) is 4.12. The van der Waals surface area contributed by atoms with Crippen molar-refractivity contribution in [3.05, 3.63) is 18.0 Å². The van der Waals surface area contributed by atoms with E-state index in [2.05, 4.69) is 9.82 Å². The van der Waals surface area contributed by atoms with E-state index in [0.29, 0.717) is 32.7 Å². The Morgan fingerprint density at radius 2 is 2.35 bits per heavy atom. The summed E-state index contributed by atoms with van der Waals surface area (Å²) >= 11 is 0. The monoisotopic (exact) mass is 301 g/mol. The molecule has 1 aliphatic rings. The van der Waals surface area contributed by atoms with Crippen LogP contribution in [0.2, 0.25) is 0 Å². The summed E-state index contributed by atoms with van der Waals surface area (Å²) in [5.41, 5.74) is 6.70. The summed E-state index contributed by atoms with van der Waals surface area (Å²) in [6, 6.07) is 0. The van der Waals surface area contributed by atoms with E-state index in [4.69, 9.17) is 5.73 Å². The lowest BCUT2D eigenvalue weighted by Gasteiger charge is -2.31. The van der Waals surface area contributed by atoms with Crippen LogP contribution in [0.25, 0.3) is 0 Å². The van der Waals surface area contributed by atoms with Crippen molar-refractivity contribution in [1.29, 1.82) is 0 Å². The van der Waals surface area contributed by atoms with Gasteiger partial charge in [0.15, 0.2) is 0 Å². The molecule has 0 aliphatic carbocycles. The summed E-state index contributed by atoms with van der Waals surface area (Å²) < 4.78 is 30.2. The molecule has 2 rings (SSSR count). The van der Waals surface area contributed by atoms with Crippen molar-refractivity contribution in [2.24, 2.45) is 11.7 Å². The highest BCUT2D eigenvalue weighted by atomic mass is 32.2. The highest BCUT2D eigenvalue weighted by molar-refractivity contribution is 7.87. The Bertz CT molecular complexity index is 528. The molecule has 2 heterocycles. The second kappa shape index (κ2) is 6.66. The smallest absolute Gasteiger partial charge is 0.279 e. The van der Waals surface area contributed by atoms with E-state index in [1.54, 1.807) is 10.9 Å². The third-order valence-corrected chi connectivity index (χ3v) is 5.12. The van der Waals surface area contributed by atoms with Gasteiger partial charge in [0.05, 0.1) is 12.7 Å². The fourth-order valence-electron chi connectivity index (χ4n) is 2.41. The molecule has 1 aromatic rings. The minimum absolute atomic E-state index is 0.272. The van der Waals surface area contributed by atoms with Crippen LogP contribution in [-0.2, 0) is 16.8 Å². The average molecular weight is 301 g/mol. The topological polar surface area (TPSA) is 93.2 Å². The summed E-state index contributed by atoms with van der Waals surface area (Å²) in [6.45, 7) is 4.46. The van der Waals surface area contributed by atoms with Crippen molar-refractivity contribution < 1.29 is 8.42 Å². The van der Waals surface area contributed by atoms with E-state index in [9.17, 15) is 8.42 Å². The molecule has 20 heavy (non-hydrogen) atoms. The minimum atomic E-state index is -3.40. The SMILES string of the molecule is Cc1cnn(CCNS(=O)(=O)N2CCCC(CN)C2)c1. The summed E-state index contributed by atoms with van der Waals surface area (Å²) in [7, 11) is -3.40. The van der Waals surface area contributed by atoms with Crippen molar-refractivity contribution in [3.8, 4) is 0 Å². The molecule has 3 N–H and O–H groups in total. The number of aromatic nitrogens is 2. The average Bonchev–Trinajstić information content (AvgIpc) is 2.84. The Labute approximate surface area is 120 Å². The normalized spacial score (nSPS) is 21.2. The van der Waals surface area contributed by atoms with E-state index in [0.717, 1.165) is 18.4 Å². The van der Waals surface area contributed by atoms with Gasteiger partial charge in [0.2, 0.25) is 0 Å². The number of hydrogen-bond acceptors (Lipinski definition) is 4. The zero-order chi connectivity index (χ0) is 14.6. The lowest BCUT2D eigenvalue weighted by atomic mass is 10.0. The lowest BCUT2D eigenvalue weighted by Crippen LogP contribution is -2.47. The molecule has 8 heteroatoms. The predicted molar refractivity (Wildman–Crippen MR) is 77.2 cm³/mol. The van der Waals surface area contributed by atoms with Crippen LogP contribution in [-0.4, -0.2) is 48.7 Å². The first-order chi connectivity index (χ1) is 9.51.